The van der Waals surface area contributed by atoms with Gasteiger partial charge in [0.1, 0.15) is 0 Å². The Labute approximate surface area is 71.4 Å². The highest BCUT2D eigenvalue weighted by Crippen LogP contribution is 2.04. The van der Waals surface area contributed by atoms with Crippen LogP contribution in [0, 0.1) is 5.41 Å². The summed E-state index contributed by atoms with van der Waals surface area (Å²) in [4.78, 5) is 0. The molecule has 1 rings (SSSR count). The van der Waals surface area contributed by atoms with E-state index in [0.29, 0.717) is 5.70 Å². The van der Waals surface area contributed by atoms with E-state index in [2.05, 4.69) is 5.32 Å². The third-order valence-corrected chi connectivity index (χ3v) is 1.35. The van der Waals surface area contributed by atoms with Crippen molar-refractivity contribution in [2.75, 3.05) is 5.32 Å². The van der Waals surface area contributed by atoms with Crippen LogP contribution in [0.4, 0.5) is 5.69 Å². The standard InChI is InChI=1S/C9H11N3/c10-6-8(11)7-12-9-4-2-1-3-5-9/h1-7,10,12H,11H2/b8-7+,10-6?. The van der Waals surface area contributed by atoms with Gasteiger partial charge in [0.05, 0.1) is 5.70 Å². The maximum Gasteiger partial charge on any atom is 0.0655 e. The van der Waals surface area contributed by atoms with Gasteiger partial charge >= 0.3 is 0 Å². The van der Waals surface area contributed by atoms with Crippen LogP contribution in [0.3, 0.4) is 0 Å². The molecule has 0 unspecified atom stereocenters. The predicted octanol–water partition coefficient (Wildman–Crippen LogP) is 1.55. The van der Waals surface area contributed by atoms with Crippen molar-refractivity contribution in [3.63, 3.8) is 0 Å². The molecule has 0 fully saturated rings. The highest BCUT2D eigenvalue weighted by atomic mass is 14.9. The number of allylic oxidation sites excluding steroid dienone is 1. The summed E-state index contributed by atoms with van der Waals surface area (Å²) in [6, 6.07) is 9.64. The molecule has 1 aromatic rings. The van der Waals surface area contributed by atoms with Gasteiger partial charge in [-0.2, -0.15) is 0 Å². The average Bonchev–Trinajstić information content (AvgIpc) is 2.16. The fraction of sp³-hybridized carbons (Fsp3) is 0. The van der Waals surface area contributed by atoms with Crippen molar-refractivity contribution in [3.8, 4) is 0 Å². The summed E-state index contributed by atoms with van der Waals surface area (Å²) < 4.78 is 0. The maximum absolute atomic E-state index is 6.82. The number of hydrogen-bond donors (Lipinski definition) is 3. The van der Waals surface area contributed by atoms with E-state index < -0.39 is 0 Å². The lowest BCUT2D eigenvalue weighted by atomic mass is 10.3. The van der Waals surface area contributed by atoms with Crippen LogP contribution in [0.15, 0.2) is 42.2 Å². The van der Waals surface area contributed by atoms with Crippen molar-refractivity contribution in [1.82, 2.24) is 0 Å². The number of nitrogens with two attached hydrogens (primary N) is 1. The van der Waals surface area contributed by atoms with E-state index in [0.717, 1.165) is 11.9 Å². The molecule has 0 atom stereocenters. The van der Waals surface area contributed by atoms with Gasteiger partial charge in [-0.3, -0.25) is 0 Å². The number of nitrogens with one attached hydrogen (secondary N) is 2. The molecular formula is C9H11N3. The summed E-state index contributed by atoms with van der Waals surface area (Å²) in [6.07, 6.45) is 2.68. The van der Waals surface area contributed by atoms with Crippen molar-refractivity contribution in [1.29, 1.82) is 5.41 Å². The third-order valence-electron chi connectivity index (χ3n) is 1.35. The van der Waals surface area contributed by atoms with Gasteiger partial charge in [-0.25, -0.2) is 0 Å². The molecule has 0 saturated heterocycles. The molecule has 3 heteroatoms. The van der Waals surface area contributed by atoms with Gasteiger partial charge in [0.2, 0.25) is 0 Å². The highest BCUT2D eigenvalue weighted by molar-refractivity contribution is 5.74. The second-order valence-corrected chi connectivity index (χ2v) is 2.30. The summed E-state index contributed by atoms with van der Waals surface area (Å²) in [5.41, 5.74) is 6.74. The molecule has 0 aliphatic heterocycles. The number of hydrogen-bond acceptors (Lipinski definition) is 3. The van der Waals surface area contributed by atoms with E-state index >= 15 is 0 Å². The van der Waals surface area contributed by atoms with Crippen molar-refractivity contribution >= 4 is 11.9 Å². The molecular weight excluding hydrogens is 150 g/mol. The Morgan fingerprint density at radius 1 is 1.33 bits per heavy atom. The fourth-order valence-corrected chi connectivity index (χ4v) is 0.743. The molecule has 0 heterocycles. The molecule has 0 radical (unpaired) electrons. The van der Waals surface area contributed by atoms with Gasteiger partial charge in [0.25, 0.3) is 0 Å². The predicted molar refractivity (Wildman–Crippen MR) is 51.1 cm³/mol. The van der Waals surface area contributed by atoms with E-state index in [1.165, 1.54) is 0 Å². The first-order valence-electron chi connectivity index (χ1n) is 3.60. The lowest BCUT2D eigenvalue weighted by Gasteiger charge is -1.99. The molecule has 0 spiro atoms. The number of anilines is 1. The van der Waals surface area contributed by atoms with E-state index in [1.54, 1.807) is 6.20 Å². The first kappa shape index (κ1) is 8.33. The molecule has 62 valence electrons. The zero-order valence-corrected chi connectivity index (χ0v) is 6.62. The molecule has 0 amide bonds. The quantitative estimate of drug-likeness (QED) is 0.589. The average molecular weight is 161 g/mol. The Morgan fingerprint density at radius 3 is 2.58 bits per heavy atom. The van der Waals surface area contributed by atoms with Crippen molar-refractivity contribution in [3.05, 3.63) is 42.2 Å². The molecule has 0 aliphatic carbocycles. The largest absolute Gasteiger partial charge is 0.396 e. The first-order valence-corrected chi connectivity index (χ1v) is 3.60. The minimum absolute atomic E-state index is 0.402. The Balaban J connectivity index is 2.60. The summed E-state index contributed by atoms with van der Waals surface area (Å²) in [5, 5.41) is 9.77. The van der Waals surface area contributed by atoms with Gasteiger partial charge < -0.3 is 16.5 Å². The van der Waals surface area contributed by atoms with Gasteiger partial charge in [0, 0.05) is 18.1 Å². The van der Waals surface area contributed by atoms with Gasteiger partial charge in [-0.15, -0.1) is 0 Å². The molecule has 0 aliphatic rings. The number of rotatable bonds is 3. The van der Waals surface area contributed by atoms with Crippen LogP contribution >= 0.6 is 0 Å². The fourth-order valence-electron chi connectivity index (χ4n) is 0.743. The van der Waals surface area contributed by atoms with Gasteiger partial charge in [-0.05, 0) is 12.1 Å². The SMILES string of the molecule is N=C/C(N)=C\Nc1ccccc1. The Morgan fingerprint density at radius 2 is 2.00 bits per heavy atom. The smallest absolute Gasteiger partial charge is 0.0655 e. The van der Waals surface area contributed by atoms with Crippen LogP contribution in [-0.4, -0.2) is 6.21 Å². The van der Waals surface area contributed by atoms with Crippen LogP contribution < -0.4 is 11.1 Å². The van der Waals surface area contributed by atoms with Crippen LogP contribution in [0.5, 0.6) is 0 Å². The van der Waals surface area contributed by atoms with E-state index in [9.17, 15) is 0 Å². The van der Waals surface area contributed by atoms with Gasteiger partial charge in [0.15, 0.2) is 0 Å². The lowest BCUT2D eigenvalue weighted by molar-refractivity contribution is 1.41. The Hall–Kier alpha value is -1.77. The number of para-hydroxylation sites is 1. The number of benzene rings is 1. The summed E-state index contributed by atoms with van der Waals surface area (Å²) in [7, 11) is 0. The lowest BCUT2D eigenvalue weighted by Crippen LogP contribution is -2.01. The minimum atomic E-state index is 0.402. The third kappa shape index (κ3) is 2.46. The second kappa shape index (κ2) is 4.18. The van der Waals surface area contributed by atoms with E-state index in [-0.39, 0.29) is 0 Å². The molecule has 0 aromatic heterocycles. The second-order valence-electron chi connectivity index (χ2n) is 2.30. The molecule has 1 aromatic carbocycles. The molecule has 3 nitrogen and oxygen atoms in total. The molecule has 0 bridgehead atoms. The van der Waals surface area contributed by atoms with Crippen molar-refractivity contribution in [2.24, 2.45) is 5.73 Å². The zero-order chi connectivity index (χ0) is 8.81. The Kier molecular flexibility index (Phi) is 2.90. The minimum Gasteiger partial charge on any atom is -0.396 e. The zero-order valence-electron chi connectivity index (χ0n) is 6.62. The summed E-state index contributed by atoms with van der Waals surface area (Å²) >= 11 is 0. The van der Waals surface area contributed by atoms with Gasteiger partial charge in [-0.1, -0.05) is 18.2 Å². The van der Waals surface area contributed by atoms with Crippen LogP contribution in [0.25, 0.3) is 0 Å². The van der Waals surface area contributed by atoms with Crippen LogP contribution in [0.2, 0.25) is 0 Å². The normalized spacial score (nSPS) is 10.8. The highest BCUT2D eigenvalue weighted by Gasteiger charge is 1.84. The first-order chi connectivity index (χ1) is 5.83. The Bertz CT molecular complexity index is 277. The molecule has 12 heavy (non-hydrogen) atoms. The summed E-state index contributed by atoms with van der Waals surface area (Å²) in [6.45, 7) is 0. The van der Waals surface area contributed by atoms with E-state index in [4.69, 9.17) is 11.1 Å². The van der Waals surface area contributed by atoms with Crippen LogP contribution in [0.1, 0.15) is 0 Å². The summed E-state index contributed by atoms with van der Waals surface area (Å²) in [5.74, 6) is 0. The monoisotopic (exact) mass is 161 g/mol. The maximum atomic E-state index is 6.82. The molecule has 0 saturated carbocycles. The van der Waals surface area contributed by atoms with Crippen molar-refractivity contribution < 1.29 is 0 Å². The van der Waals surface area contributed by atoms with E-state index in [1.807, 2.05) is 30.3 Å². The topological polar surface area (TPSA) is 61.9 Å². The van der Waals surface area contributed by atoms with Crippen molar-refractivity contribution in [2.45, 2.75) is 0 Å². The van der Waals surface area contributed by atoms with Crippen LogP contribution in [-0.2, 0) is 0 Å². The molecule has 4 N–H and O–H groups in total.